The molecule has 96 valence electrons. The van der Waals surface area contributed by atoms with Crippen LogP contribution in [0.3, 0.4) is 0 Å². The number of benzene rings is 2. The van der Waals surface area contributed by atoms with Crippen LogP contribution in [0.2, 0.25) is 5.02 Å². The number of phenols is 1. The first-order valence-electron chi connectivity index (χ1n) is 5.67. The molecule has 0 saturated carbocycles. The predicted molar refractivity (Wildman–Crippen MR) is 80.5 cm³/mol. The lowest BCUT2D eigenvalue weighted by Gasteiger charge is -2.05. The summed E-state index contributed by atoms with van der Waals surface area (Å²) in [7, 11) is 1.91. The zero-order chi connectivity index (χ0) is 13.6. The van der Waals surface area contributed by atoms with E-state index in [2.05, 4.69) is 20.9 Å². The van der Waals surface area contributed by atoms with Crippen molar-refractivity contribution in [1.29, 1.82) is 0 Å². The Morgan fingerprint density at radius 1 is 1.21 bits per heavy atom. The molecule has 0 aliphatic rings. The van der Waals surface area contributed by atoms with Gasteiger partial charge in [0.1, 0.15) is 11.6 Å². The number of aromatic nitrogens is 2. The van der Waals surface area contributed by atoms with E-state index in [0.29, 0.717) is 16.4 Å². The molecule has 0 aliphatic heterocycles. The van der Waals surface area contributed by atoms with Gasteiger partial charge in [-0.05, 0) is 36.4 Å². The van der Waals surface area contributed by atoms with Crippen LogP contribution in [0, 0.1) is 0 Å². The van der Waals surface area contributed by atoms with Gasteiger partial charge >= 0.3 is 0 Å². The molecule has 0 spiro atoms. The van der Waals surface area contributed by atoms with E-state index in [4.69, 9.17) is 11.6 Å². The monoisotopic (exact) mass is 336 g/mol. The van der Waals surface area contributed by atoms with Crippen LogP contribution >= 0.6 is 27.5 Å². The molecular weight excluding hydrogens is 328 g/mol. The Morgan fingerprint density at radius 2 is 2.00 bits per heavy atom. The van der Waals surface area contributed by atoms with Crippen molar-refractivity contribution in [2.75, 3.05) is 0 Å². The molecule has 0 radical (unpaired) electrons. The first-order valence-corrected chi connectivity index (χ1v) is 6.84. The molecular formula is C14H10BrClN2O. The lowest BCUT2D eigenvalue weighted by Crippen LogP contribution is -1.92. The molecule has 0 atom stereocenters. The van der Waals surface area contributed by atoms with E-state index >= 15 is 0 Å². The predicted octanol–water partition coefficient (Wildman–Crippen LogP) is 4.36. The number of aryl methyl sites for hydroxylation is 1. The van der Waals surface area contributed by atoms with Crippen molar-refractivity contribution >= 4 is 38.6 Å². The van der Waals surface area contributed by atoms with Crippen LogP contribution in [0.15, 0.2) is 40.9 Å². The number of aromatic hydroxyl groups is 1. The number of rotatable bonds is 1. The number of imidazole rings is 1. The molecule has 3 aromatic rings. The Bertz CT molecular complexity index is 782. The first kappa shape index (κ1) is 12.5. The van der Waals surface area contributed by atoms with E-state index in [1.54, 1.807) is 6.07 Å². The molecule has 1 N–H and O–H groups in total. The second kappa shape index (κ2) is 4.54. The van der Waals surface area contributed by atoms with Gasteiger partial charge in [0.05, 0.1) is 16.6 Å². The van der Waals surface area contributed by atoms with Crippen LogP contribution < -0.4 is 0 Å². The topological polar surface area (TPSA) is 38.0 Å². The Balaban J connectivity index is 2.28. The normalized spacial score (nSPS) is 11.1. The molecule has 0 fully saturated rings. The molecule has 1 aromatic heterocycles. The van der Waals surface area contributed by atoms with Crippen LogP contribution in [0.1, 0.15) is 0 Å². The smallest absolute Gasteiger partial charge is 0.144 e. The molecule has 0 bridgehead atoms. The van der Waals surface area contributed by atoms with Gasteiger partial charge in [-0.15, -0.1) is 0 Å². The molecule has 0 saturated heterocycles. The van der Waals surface area contributed by atoms with E-state index in [1.165, 1.54) is 0 Å². The lowest BCUT2D eigenvalue weighted by molar-refractivity contribution is 0.476. The summed E-state index contributed by atoms with van der Waals surface area (Å²) in [6.45, 7) is 0. The number of hydrogen-bond acceptors (Lipinski definition) is 2. The zero-order valence-electron chi connectivity index (χ0n) is 10.1. The summed E-state index contributed by atoms with van der Waals surface area (Å²) >= 11 is 9.33. The standard InChI is InChI=1S/C14H10BrClN2O/c1-18-12-7-9(16)3-5-11(12)17-14(18)10-4-2-8(15)6-13(10)19/h2-7,19H,1H3. The van der Waals surface area contributed by atoms with Crippen molar-refractivity contribution in [3.63, 3.8) is 0 Å². The van der Waals surface area contributed by atoms with Gasteiger partial charge in [-0.25, -0.2) is 4.98 Å². The van der Waals surface area contributed by atoms with Crippen molar-refractivity contribution in [3.8, 4) is 17.1 Å². The Kier molecular flexibility index (Phi) is 2.99. The molecule has 2 aromatic carbocycles. The van der Waals surface area contributed by atoms with Crippen LogP contribution in [-0.4, -0.2) is 14.7 Å². The van der Waals surface area contributed by atoms with E-state index < -0.39 is 0 Å². The van der Waals surface area contributed by atoms with Gasteiger partial charge in [-0.2, -0.15) is 0 Å². The van der Waals surface area contributed by atoms with Crippen LogP contribution in [0.25, 0.3) is 22.4 Å². The third-order valence-electron chi connectivity index (χ3n) is 3.04. The quantitative estimate of drug-likeness (QED) is 0.716. The van der Waals surface area contributed by atoms with Crippen LogP contribution in [0.5, 0.6) is 5.75 Å². The Hall–Kier alpha value is -1.52. The summed E-state index contributed by atoms with van der Waals surface area (Å²) in [4.78, 5) is 4.54. The van der Waals surface area contributed by atoms with Crippen molar-refractivity contribution in [1.82, 2.24) is 9.55 Å². The minimum atomic E-state index is 0.193. The van der Waals surface area contributed by atoms with Gasteiger partial charge < -0.3 is 9.67 Å². The Labute approximate surface area is 123 Å². The van der Waals surface area contributed by atoms with Gasteiger partial charge in [0, 0.05) is 16.5 Å². The summed E-state index contributed by atoms with van der Waals surface area (Å²) in [6, 6.07) is 10.9. The van der Waals surface area contributed by atoms with Crippen LogP contribution in [-0.2, 0) is 7.05 Å². The fourth-order valence-corrected chi connectivity index (χ4v) is 2.61. The summed E-state index contributed by atoms with van der Waals surface area (Å²) in [5, 5.41) is 10.7. The molecule has 0 aliphatic carbocycles. The molecule has 3 nitrogen and oxygen atoms in total. The third kappa shape index (κ3) is 2.11. The van der Waals surface area contributed by atoms with E-state index in [0.717, 1.165) is 15.5 Å². The fourth-order valence-electron chi connectivity index (χ4n) is 2.10. The lowest BCUT2D eigenvalue weighted by atomic mass is 10.2. The maximum atomic E-state index is 10.0. The van der Waals surface area contributed by atoms with E-state index in [9.17, 15) is 5.11 Å². The SMILES string of the molecule is Cn1c(-c2ccc(Br)cc2O)nc2ccc(Cl)cc21. The van der Waals surface area contributed by atoms with Crippen molar-refractivity contribution < 1.29 is 5.11 Å². The zero-order valence-corrected chi connectivity index (χ0v) is 12.4. The average Bonchev–Trinajstić information content (AvgIpc) is 2.67. The summed E-state index contributed by atoms with van der Waals surface area (Å²) in [5.74, 6) is 0.904. The molecule has 19 heavy (non-hydrogen) atoms. The van der Waals surface area contributed by atoms with Crippen LogP contribution in [0.4, 0.5) is 0 Å². The number of phenolic OH excluding ortho intramolecular Hbond substituents is 1. The fraction of sp³-hybridized carbons (Fsp3) is 0.0714. The highest BCUT2D eigenvalue weighted by Crippen LogP contribution is 2.33. The number of nitrogens with zero attached hydrogens (tertiary/aromatic N) is 2. The van der Waals surface area contributed by atoms with Gasteiger partial charge in [-0.1, -0.05) is 27.5 Å². The van der Waals surface area contributed by atoms with Gasteiger partial charge in [0.2, 0.25) is 0 Å². The highest BCUT2D eigenvalue weighted by molar-refractivity contribution is 9.10. The maximum Gasteiger partial charge on any atom is 0.144 e. The second-order valence-electron chi connectivity index (χ2n) is 4.29. The largest absolute Gasteiger partial charge is 0.507 e. The minimum Gasteiger partial charge on any atom is -0.507 e. The van der Waals surface area contributed by atoms with Crippen molar-refractivity contribution in [3.05, 3.63) is 45.9 Å². The maximum absolute atomic E-state index is 10.0. The molecule has 1 heterocycles. The third-order valence-corrected chi connectivity index (χ3v) is 3.77. The van der Waals surface area contributed by atoms with Gasteiger partial charge in [0.25, 0.3) is 0 Å². The van der Waals surface area contributed by atoms with Crippen molar-refractivity contribution in [2.45, 2.75) is 0 Å². The average molecular weight is 338 g/mol. The number of fused-ring (bicyclic) bond motifs is 1. The molecule has 3 rings (SSSR count). The first-order chi connectivity index (χ1) is 9.06. The highest BCUT2D eigenvalue weighted by Gasteiger charge is 2.13. The number of halogens is 2. The molecule has 0 unspecified atom stereocenters. The van der Waals surface area contributed by atoms with E-state index in [1.807, 2.05) is 41.9 Å². The second-order valence-corrected chi connectivity index (χ2v) is 5.64. The summed E-state index contributed by atoms with van der Waals surface area (Å²) < 4.78 is 2.75. The molecule has 5 heteroatoms. The van der Waals surface area contributed by atoms with Gasteiger partial charge in [0.15, 0.2) is 0 Å². The highest BCUT2D eigenvalue weighted by atomic mass is 79.9. The summed E-state index contributed by atoms with van der Waals surface area (Å²) in [6.07, 6.45) is 0. The van der Waals surface area contributed by atoms with E-state index in [-0.39, 0.29) is 5.75 Å². The Morgan fingerprint density at radius 3 is 2.74 bits per heavy atom. The minimum absolute atomic E-state index is 0.193. The summed E-state index contributed by atoms with van der Waals surface area (Å²) in [5.41, 5.74) is 2.48. The van der Waals surface area contributed by atoms with Crippen molar-refractivity contribution in [2.24, 2.45) is 7.05 Å². The number of hydrogen-bond donors (Lipinski definition) is 1. The van der Waals surface area contributed by atoms with Gasteiger partial charge in [-0.3, -0.25) is 0 Å². The molecule has 0 amide bonds.